The Kier molecular flexibility index (Phi) is 7.11. The zero-order chi connectivity index (χ0) is 23.3. The number of esters is 1. The van der Waals surface area contributed by atoms with Crippen LogP contribution in [0.3, 0.4) is 0 Å². The first-order valence-electron chi connectivity index (χ1n) is 10.3. The molecule has 0 spiro atoms. The van der Waals surface area contributed by atoms with Gasteiger partial charge in [0.25, 0.3) is 5.91 Å². The quantitative estimate of drug-likeness (QED) is 0.420. The standard InChI is InChI=1S/C24H25N3O5/c1-15(26)20(12-25)21(28)14-32-24(30)16-6-5-11-27(13-16)23(29)19-9-10-22(31-2)18-8-4-3-7-17(18)19/h3-4,7-10,16H,5-6,11,13-14,26H2,1-2H3/b20-15-/t16-/m1/s1. The maximum Gasteiger partial charge on any atom is 0.311 e. The molecule has 1 saturated heterocycles. The van der Waals surface area contributed by atoms with E-state index in [0.717, 1.165) is 10.8 Å². The predicted octanol–water partition coefficient (Wildman–Crippen LogP) is 2.57. The van der Waals surface area contributed by atoms with E-state index in [4.69, 9.17) is 20.5 Å². The summed E-state index contributed by atoms with van der Waals surface area (Å²) in [6.45, 7) is 1.61. The van der Waals surface area contributed by atoms with Gasteiger partial charge in [0.2, 0.25) is 5.78 Å². The summed E-state index contributed by atoms with van der Waals surface area (Å²) in [4.78, 5) is 39.5. The van der Waals surface area contributed by atoms with Crippen LogP contribution in [0.15, 0.2) is 47.7 Å². The first-order chi connectivity index (χ1) is 15.4. The van der Waals surface area contributed by atoms with Gasteiger partial charge < -0.3 is 20.1 Å². The number of carbonyl (C=O) groups is 3. The first-order valence-corrected chi connectivity index (χ1v) is 10.3. The van der Waals surface area contributed by atoms with Gasteiger partial charge in [-0.25, -0.2) is 0 Å². The summed E-state index contributed by atoms with van der Waals surface area (Å²) < 4.78 is 10.5. The normalized spacial score (nSPS) is 16.7. The molecule has 2 aromatic rings. The monoisotopic (exact) mass is 435 g/mol. The Morgan fingerprint density at radius 2 is 1.91 bits per heavy atom. The molecule has 0 bridgehead atoms. The van der Waals surface area contributed by atoms with Crippen LogP contribution < -0.4 is 10.5 Å². The molecule has 1 heterocycles. The average molecular weight is 435 g/mol. The Hall–Kier alpha value is -3.86. The summed E-state index contributed by atoms with van der Waals surface area (Å²) in [5, 5.41) is 10.6. The molecule has 1 aliphatic heterocycles. The van der Waals surface area contributed by atoms with Crippen LogP contribution in [0.25, 0.3) is 10.8 Å². The van der Waals surface area contributed by atoms with Crippen LogP contribution in [0, 0.1) is 17.2 Å². The average Bonchev–Trinajstić information content (AvgIpc) is 2.81. The summed E-state index contributed by atoms with van der Waals surface area (Å²) >= 11 is 0. The van der Waals surface area contributed by atoms with Crippen LogP contribution in [0.1, 0.15) is 30.1 Å². The number of carbonyl (C=O) groups excluding carboxylic acids is 3. The highest BCUT2D eigenvalue weighted by Gasteiger charge is 2.31. The second kappa shape index (κ2) is 9.96. The first kappa shape index (κ1) is 22.8. The maximum atomic E-state index is 13.3. The maximum absolute atomic E-state index is 13.3. The number of ketones is 1. The number of piperidine rings is 1. The van der Waals surface area contributed by atoms with Gasteiger partial charge >= 0.3 is 5.97 Å². The molecular weight excluding hydrogens is 410 g/mol. The minimum Gasteiger partial charge on any atom is -0.496 e. The lowest BCUT2D eigenvalue weighted by atomic mass is 9.96. The van der Waals surface area contributed by atoms with Crippen LogP contribution in [0.4, 0.5) is 0 Å². The molecule has 1 aliphatic rings. The fourth-order valence-electron chi connectivity index (χ4n) is 3.86. The van der Waals surface area contributed by atoms with Crippen LogP contribution in [0.2, 0.25) is 0 Å². The van der Waals surface area contributed by atoms with Crippen molar-refractivity contribution in [1.82, 2.24) is 4.90 Å². The molecule has 2 N–H and O–H groups in total. The molecule has 3 rings (SSSR count). The van der Waals surface area contributed by atoms with E-state index in [-0.39, 0.29) is 23.7 Å². The number of hydrogen-bond donors (Lipinski definition) is 1. The molecule has 8 heteroatoms. The molecule has 1 atom stereocenters. The molecule has 0 aliphatic carbocycles. The van der Waals surface area contributed by atoms with E-state index in [2.05, 4.69) is 0 Å². The number of nitrogens with zero attached hydrogens (tertiary/aromatic N) is 2. The van der Waals surface area contributed by atoms with Crippen molar-refractivity contribution < 1.29 is 23.9 Å². The van der Waals surface area contributed by atoms with Crippen molar-refractivity contribution in [2.75, 3.05) is 26.8 Å². The Morgan fingerprint density at radius 3 is 2.56 bits per heavy atom. The lowest BCUT2D eigenvalue weighted by Gasteiger charge is -2.32. The van der Waals surface area contributed by atoms with Crippen molar-refractivity contribution in [2.45, 2.75) is 19.8 Å². The van der Waals surface area contributed by atoms with Gasteiger partial charge in [-0.05, 0) is 37.3 Å². The highest BCUT2D eigenvalue weighted by Crippen LogP contribution is 2.30. The van der Waals surface area contributed by atoms with Gasteiger partial charge in [0.15, 0.2) is 6.61 Å². The fourth-order valence-corrected chi connectivity index (χ4v) is 3.86. The molecule has 0 saturated carbocycles. The number of allylic oxidation sites excluding steroid dienone is 1. The lowest BCUT2D eigenvalue weighted by molar-refractivity contribution is -0.152. The fraction of sp³-hybridized carbons (Fsp3) is 0.333. The highest BCUT2D eigenvalue weighted by atomic mass is 16.5. The Bertz CT molecular complexity index is 1130. The number of benzene rings is 2. The molecule has 166 valence electrons. The molecule has 0 radical (unpaired) electrons. The molecule has 0 unspecified atom stereocenters. The van der Waals surface area contributed by atoms with E-state index in [1.807, 2.05) is 24.3 Å². The van der Waals surface area contributed by atoms with Crippen LogP contribution in [-0.4, -0.2) is 49.4 Å². The van der Waals surface area contributed by atoms with Crippen molar-refractivity contribution in [1.29, 1.82) is 5.26 Å². The zero-order valence-corrected chi connectivity index (χ0v) is 18.1. The van der Waals surface area contributed by atoms with Gasteiger partial charge in [0.05, 0.1) is 13.0 Å². The third-order valence-electron chi connectivity index (χ3n) is 5.51. The van der Waals surface area contributed by atoms with Crippen molar-refractivity contribution in [3.63, 3.8) is 0 Å². The summed E-state index contributed by atoms with van der Waals surface area (Å²) in [5.74, 6) is -1.25. The van der Waals surface area contributed by atoms with Crippen molar-refractivity contribution in [2.24, 2.45) is 11.7 Å². The van der Waals surface area contributed by atoms with Crippen molar-refractivity contribution in [3.05, 3.63) is 53.2 Å². The molecule has 0 aromatic heterocycles. The van der Waals surface area contributed by atoms with E-state index in [0.29, 0.717) is 30.7 Å². The summed E-state index contributed by atoms with van der Waals surface area (Å²) in [6.07, 6.45) is 1.19. The SMILES string of the molecule is COc1ccc(C(=O)N2CCC[C@@H](C(=O)OCC(=O)/C(C#N)=C(/C)N)C2)c2ccccc12. The number of methoxy groups -OCH3 is 1. The van der Waals surface area contributed by atoms with Gasteiger partial charge in [-0.1, -0.05) is 24.3 Å². The second-order valence-corrected chi connectivity index (χ2v) is 7.65. The number of nitriles is 1. The van der Waals surface area contributed by atoms with E-state index in [9.17, 15) is 14.4 Å². The number of Topliss-reactive ketones (excluding diaryl/α,β-unsaturated/α-hetero) is 1. The minimum absolute atomic E-state index is 0.0784. The van der Waals surface area contributed by atoms with E-state index in [1.54, 1.807) is 30.2 Å². The molecule has 8 nitrogen and oxygen atoms in total. The van der Waals surface area contributed by atoms with E-state index < -0.39 is 24.3 Å². The zero-order valence-electron chi connectivity index (χ0n) is 18.1. The number of amides is 1. The van der Waals surface area contributed by atoms with Crippen LogP contribution >= 0.6 is 0 Å². The molecule has 32 heavy (non-hydrogen) atoms. The largest absolute Gasteiger partial charge is 0.496 e. The Balaban J connectivity index is 1.71. The molecule has 1 amide bonds. The number of rotatable bonds is 6. The van der Waals surface area contributed by atoms with Crippen LogP contribution in [0.5, 0.6) is 5.75 Å². The van der Waals surface area contributed by atoms with Gasteiger partial charge in [0.1, 0.15) is 17.4 Å². The summed E-state index contributed by atoms with van der Waals surface area (Å²) in [5.41, 5.74) is 5.90. The third kappa shape index (κ3) is 4.72. The van der Waals surface area contributed by atoms with E-state index in [1.165, 1.54) is 6.92 Å². The van der Waals surface area contributed by atoms with Crippen molar-refractivity contribution in [3.8, 4) is 11.8 Å². The second-order valence-electron chi connectivity index (χ2n) is 7.65. The molecule has 1 fully saturated rings. The van der Waals surface area contributed by atoms with Gasteiger partial charge in [-0.15, -0.1) is 0 Å². The topological polar surface area (TPSA) is 123 Å². The van der Waals surface area contributed by atoms with Crippen LogP contribution in [-0.2, 0) is 14.3 Å². The Morgan fingerprint density at radius 1 is 1.19 bits per heavy atom. The lowest BCUT2D eigenvalue weighted by Crippen LogP contribution is -2.43. The number of nitrogens with two attached hydrogens (primary N) is 1. The number of likely N-dealkylation sites (tertiary alicyclic amines) is 1. The number of hydrogen-bond acceptors (Lipinski definition) is 7. The third-order valence-corrected chi connectivity index (χ3v) is 5.51. The smallest absolute Gasteiger partial charge is 0.311 e. The molecule has 2 aromatic carbocycles. The number of ether oxygens (including phenoxy) is 2. The predicted molar refractivity (Wildman–Crippen MR) is 118 cm³/mol. The van der Waals surface area contributed by atoms with Crippen molar-refractivity contribution >= 4 is 28.4 Å². The highest BCUT2D eigenvalue weighted by molar-refractivity contribution is 6.08. The van der Waals surface area contributed by atoms with Gasteiger partial charge in [-0.2, -0.15) is 5.26 Å². The van der Waals surface area contributed by atoms with E-state index >= 15 is 0 Å². The molecular formula is C24H25N3O5. The summed E-state index contributed by atoms with van der Waals surface area (Å²) in [6, 6.07) is 12.7. The van der Waals surface area contributed by atoms with Gasteiger partial charge in [-0.3, -0.25) is 14.4 Å². The van der Waals surface area contributed by atoms with Gasteiger partial charge in [0, 0.05) is 29.7 Å². The minimum atomic E-state index is -0.644. The summed E-state index contributed by atoms with van der Waals surface area (Å²) in [7, 11) is 1.58. The number of fused-ring (bicyclic) bond motifs is 1. The Labute approximate surface area is 186 Å².